The van der Waals surface area contributed by atoms with Gasteiger partial charge < -0.3 is 0 Å². The molecule has 0 fully saturated rings. The van der Waals surface area contributed by atoms with Crippen LogP contribution in [0.25, 0.3) is 9.88 Å². The number of carbonyl (C=O) groups is 1. The van der Waals surface area contributed by atoms with E-state index in [-0.39, 0.29) is 0 Å². The van der Waals surface area contributed by atoms with E-state index in [2.05, 4.69) is 11.1 Å². The zero-order chi connectivity index (χ0) is 9.26. The highest BCUT2D eigenvalue weighted by atomic mass is 32.1. The summed E-state index contributed by atoms with van der Waals surface area (Å²) >= 11 is 3.09. The molecule has 0 bridgehead atoms. The lowest BCUT2D eigenvalue weighted by Gasteiger charge is -1.90. The predicted molar refractivity (Wildman–Crippen MR) is 55.6 cm³/mol. The van der Waals surface area contributed by atoms with Crippen LogP contribution in [0.3, 0.4) is 0 Å². The third kappa shape index (κ3) is 1.55. The molecule has 0 radical (unpaired) electrons. The normalized spacial score (nSPS) is 10.2. The lowest BCUT2D eigenvalue weighted by Crippen LogP contribution is -1.70. The Kier molecular flexibility index (Phi) is 2.24. The largest absolute Gasteiger partial charge is 0.297 e. The lowest BCUT2D eigenvalue weighted by molar-refractivity contribution is 0.112. The Morgan fingerprint density at radius 2 is 2.38 bits per heavy atom. The third-order valence-corrected chi connectivity index (χ3v) is 3.79. The van der Waals surface area contributed by atoms with Gasteiger partial charge >= 0.3 is 0 Å². The summed E-state index contributed by atoms with van der Waals surface area (Å²) in [5.41, 5.74) is 1.22. The molecule has 2 heterocycles. The Balaban J connectivity index is 2.46. The van der Waals surface area contributed by atoms with Crippen LogP contribution in [0.15, 0.2) is 17.6 Å². The fraction of sp³-hybridized carbons (Fsp3) is 0.111. The summed E-state index contributed by atoms with van der Waals surface area (Å²) in [6.45, 7) is 2.05. The summed E-state index contributed by atoms with van der Waals surface area (Å²) in [7, 11) is 0. The Hall–Kier alpha value is -1.00. The van der Waals surface area contributed by atoms with Crippen molar-refractivity contribution >= 4 is 29.0 Å². The summed E-state index contributed by atoms with van der Waals surface area (Å²) in [5, 5.41) is 2.97. The van der Waals surface area contributed by atoms with Gasteiger partial charge in [0.2, 0.25) is 0 Å². The summed E-state index contributed by atoms with van der Waals surface area (Å²) in [6, 6.07) is 2.06. The molecule has 0 amide bonds. The maximum Gasteiger partial charge on any atom is 0.161 e. The summed E-state index contributed by atoms with van der Waals surface area (Å²) in [4.78, 5) is 16.5. The van der Waals surface area contributed by atoms with Gasteiger partial charge in [0.05, 0.1) is 9.75 Å². The highest BCUT2D eigenvalue weighted by Crippen LogP contribution is 2.31. The molecule has 0 atom stereocenters. The minimum absolute atomic E-state index is 0.683. The van der Waals surface area contributed by atoms with Gasteiger partial charge in [0.25, 0.3) is 0 Å². The van der Waals surface area contributed by atoms with Crippen LogP contribution < -0.4 is 0 Å². The Bertz CT molecular complexity index is 430. The van der Waals surface area contributed by atoms with Crippen LogP contribution in [-0.4, -0.2) is 11.3 Å². The van der Waals surface area contributed by atoms with Gasteiger partial charge in [-0.3, -0.25) is 4.79 Å². The zero-order valence-electron chi connectivity index (χ0n) is 6.98. The quantitative estimate of drug-likeness (QED) is 0.712. The van der Waals surface area contributed by atoms with Crippen LogP contribution in [-0.2, 0) is 0 Å². The van der Waals surface area contributed by atoms with Gasteiger partial charge in [0.15, 0.2) is 6.29 Å². The van der Waals surface area contributed by atoms with Crippen molar-refractivity contribution in [3.05, 3.63) is 28.1 Å². The Labute approximate surface area is 83.9 Å². The fourth-order valence-corrected chi connectivity index (χ4v) is 2.86. The molecule has 66 valence electrons. The first-order chi connectivity index (χ1) is 6.31. The second-order valence-electron chi connectivity index (χ2n) is 2.62. The maximum atomic E-state index is 10.4. The molecular formula is C9H7NOS2. The highest BCUT2D eigenvalue weighted by molar-refractivity contribution is 7.21. The number of aryl methyl sites for hydroxylation is 1. The molecule has 0 aliphatic rings. The molecule has 0 unspecified atom stereocenters. The standard InChI is InChI=1S/C9H7NOS2/c1-6-2-3-12-8(6)9-10-4-7(5-11)13-9/h2-5H,1H3. The molecule has 2 aromatic heterocycles. The van der Waals surface area contributed by atoms with Crippen LogP contribution in [0.1, 0.15) is 15.2 Å². The van der Waals surface area contributed by atoms with E-state index in [9.17, 15) is 4.79 Å². The average Bonchev–Trinajstić information content (AvgIpc) is 2.71. The van der Waals surface area contributed by atoms with Crippen molar-refractivity contribution in [2.24, 2.45) is 0 Å². The number of nitrogens with zero attached hydrogens (tertiary/aromatic N) is 1. The number of hydrogen-bond acceptors (Lipinski definition) is 4. The smallest absolute Gasteiger partial charge is 0.161 e. The van der Waals surface area contributed by atoms with Crippen molar-refractivity contribution < 1.29 is 4.79 Å². The van der Waals surface area contributed by atoms with Crippen molar-refractivity contribution in [2.45, 2.75) is 6.92 Å². The number of rotatable bonds is 2. The maximum absolute atomic E-state index is 10.4. The molecule has 2 rings (SSSR count). The number of carbonyl (C=O) groups excluding carboxylic acids is 1. The van der Waals surface area contributed by atoms with E-state index in [4.69, 9.17) is 0 Å². The molecular weight excluding hydrogens is 202 g/mol. The molecule has 0 spiro atoms. The number of aldehydes is 1. The average molecular weight is 209 g/mol. The summed E-state index contributed by atoms with van der Waals surface area (Å²) in [5.74, 6) is 0. The van der Waals surface area contributed by atoms with E-state index >= 15 is 0 Å². The van der Waals surface area contributed by atoms with Crippen LogP contribution in [0.2, 0.25) is 0 Å². The molecule has 0 N–H and O–H groups in total. The van der Waals surface area contributed by atoms with Crippen molar-refractivity contribution in [3.8, 4) is 9.88 Å². The van der Waals surface area contributed by atoms with Crippen LogP contribution in [0.4, 0.5) is 0 Å². The van der Waals surface area contributed by atoms with Crippen LogP contribution in [0, 0.1) is 6.92 Å². The second-order valence-corrected chi connectivity index (χ2v) is 4.60. The summed E-state index contributed by atoms with van der Waals surface area (Å²) < 4.78 is 0. The SMILES string of the molecule is Cc1ccsc1-c1ncc(C=O)s1. The van der Waals surface area contributed by atoms with Gasteiger partial charge in [-0.05, 0) is 23.9 Å². The number of aromatic nitrogens is 1. The van der Waals surface area contributed by atoms with Gasteiger partial charge in [0.1, 0.15) is 5.01 Å². The zero-order valence-corrected chi connectivity index (χ0v) is 8.61. The van der Waals surface area contributed by atoms with Crippen molar-refractivity contribution in [3.63, 3.8) is 0 Å². The minimum Gasteiger partial charge on any atom is -0.297 e. The van der Waals surface area contributed by atoms with Gasteiger partial charge in [-0.25, -0.2) is 4.98 Å². The van der Waals surface area contributed by atoms with Crippen molar-refractivity contribution in [1.29, 1.82) is 0 Å². The molecule has 0 saturated heterocycles. The predicted octanol–water partition coefficient (Wildman–Crippen LogP) is 2.99. The first-order valence-corrected chi connectivity index (χ1v) is 5.46. The minimum atomic E-state index is 0.683. The van der Waals surface area contributed by atoms with Gasteiger partial charge in [-0.15, -0.1) is 22.7 Å². The molecule has 0 aromatic carbocycles. The number of thiazole rings is 1. The molecule has 0 saturated carbocycles. The van der Waals surface area contributed by atoms with E-state index in [0.717, 1.165) is 16.2 Å². The van der Waals surface area contributed by atoms with Gasteiger partial charge in [0, 0.05) is 6.20 Å². The first-order valence-electron chi connectivity index (χ1n) is 3.76. The van der Waals surface area contributed by atoms with E-state index < -0.39 is 0 Å². The van der Waals surface area contributed by atoms with E-state index in [1.807, 2.05) is 12.3 Å². The topological polar surface area (TPSA) is 30.0 Å². The van der Waals surface area contributed by atoms with Crippen molar-refractivity contribution in [2.75, 3.05) is 0 Å². The summed E-state index contributed by atoms with van der Waals surface area (Å²) in [6.07, 6.45) is 2.45. The number of thiophene rings is 1. The molecule has 2 nitrogen and oxygen atoms in total. The van der Waals surface area contributed by atoms with E-state index in [0.29, 0.717) is 4.88 Å². The fourth-order valence-electron chi connectivity index (χ4n) is 1.04. The molecule has 0 aliphatic heterocycles. The van der Waals surface area contributed by atoms with Crippen LogP contribution >= 0.6 is 22.7 Å². The van der Waals surface area contributed by atoms with E-state index in [1.165, 1.54) is 16.9 Å². The van der Waals surface area contributed by atoms with Gasteiger partial charge in [-0.1, -0.05) is 0 Å². The molecule has 2 aromatic rings. The Morgan fingerprint density at radius 3 is 2.92 bits per heavy atom. The second kappa shape index (κ2) is 3.40. The van der Waals surface area contributed by atoms with Gasteiger partial charge in [-0.2, -0.15) is 0 Å². The lowest BCUT2D eigenvalue weighted by atomic mass is 10.3. The van der Waals surface area contributed by atoms with E-state index in [1.54, 1.807) is 17.5 Å². The first kappa shape index (κ1) is 8.59. The molecule has 0 aliphatic carbocycles. The number of hydrogen-bond donors (Lipinski definition) is 0. The molecule has 13 heavy (non-hydrogen) atoms. The highest BCUT2D eigenvalue weighted by Gasteiger charge is 2.07. The molecule has 4 heteroatoms. The third-order valence-electron chi connectivity index (χ3n) is 1.70. The van der Waals surface area contributed by atoms with Crippen LogP contribution in [0.5, 0.6) is 0 Å². The van der Waals surface area contributed by atoms with Crippen molar-refractivity contribution in [1.82, 2.24) is 4.98 Å². The monoisotopic (exact) mass is 209 g/mol. The Morgan fingerprint density at radius 1 is 1.54 bits per heavy atom.